The van der Waals surface area contributed by atoms with Crippen LogP contribution >= 0.6 is 34.2 Å². The van der Waals surface area contributed by atoms with Gasteiger partial charge in [-0.3, -0.25) is 9.59 Å². The van der Waals surface area contributed by atoms with E-state index < -0.39 is 17.8 Å². The topological polar surface area (TPSA) is 66.9 Å². The highest BCUT2D eigenvalue weighted by atomic mass is 127. The third-order valence-corrected chi connectivity index (χ3v) is 7.64. The third kappa shape index (κ3) is 5.32. The van der Waals surface area contributed by atoms with Gasteiger partial charge in [0.15, 0.2) is 0 Å². The van der Waals surface area contributed by atoms with E-state index in [0.29, 0.717) is 34.1 Å². The predicted molar refractivity (Wildman–Crippen MR) is 161 cm³/mol. The number of hydrogen-bond acceptors (Lipinski definition) is 4. The number of para-hydroxylation sites is 2. The Morgan fingerprint density at radius 1 is 0.795 bits per heavy atom. The molecular weight excluding hydrogens is 627 g/mol. The van der Waals surface area contributed by atoms with E-state index in [1.54, 1.807) is 73.8 Å². The van der Waals surface area contributed by atoms with Crippen molar-refractivity contribution in [2.24, 2.45) is 0 Å². The van der Waals surface area contributed by atoms with Crippen LogP contribution in [0.25, 0.3) is 6.08 Å². The first-order valence-corrected chi connectivity index (χ1v) is 13.5. The zero-order valence-corrected chi connectivity index (χ0v) is 23.7. The molecule has 4 aromatic rings. The van der Waals surface area contributed by atoms with Crippen LogP contribution in [0.4, 0.5) is 16.2 Å². The summed E-state index contributed by atoms with van der Waals surface area (Å²) in [5.41, 5.74) is 3.07. The number of urea groups is 1. The molecule has 0 aromatic heterocycles. The van der Waals surface area contributed by atoms with E-state index in [-0.39, 0.29) is 5.57 Å². The second-order valence-electron chi connectivity index (χ2n) is 8.74. The van der Waals surface area contributed by atoms with Gasteiger partial charge in [-0.15, -0.1) is 0 Å². The van der Waals surface area contributed by atoms with Crippen molar-refractivity contribution >= 4 is 69.5 Å². The number of barbiturate groups is 1. The number of anilines is 2. The van der Waals surface area contributed by atoms with Crippen LogP contribution in [-0.4, -0.2) is 25.0 Å². The molecule has 194 valence electrons. The number of rotatable bonds is 6. The van der Waals surface area contributed by atoms with Crippen molar-refractivity contribution in [3.63, 3.8) is 0 Å². The van der Waals surface area contributed by atoms with Crippen molar-refractivity contribution in [2.45, 2.75) is 6.42 Å². The zero-order chi connectivity index (χ0) is 27.5. The van der Waals surface area contributed by atoms with Crippen molar-refractivity contribution in [2.75, 3.05) is 16.9 Å². The fourth-order valence-electron chi connectivity index (χ4n) is 4.41. The van der Waals surface area contributed by atoms with Crippen LogP contribution in [-0.2, 0) is 16.0 Å². The molecule has 5 rings (SSSR count). The maximum Gasteiger partial charge on any atom is 0.343 e. The Kier molecular flexibility index (Phi) is 7.81. The minimum atomic E-state index is -0.734. The van der Waals surface area contributed by atoms with Crippen LogP contribution < -0.4 is 14.5 Å². The fraction of sp³-hybridized carbons (Fsp3) is 0.0645. The second-order valence-corrected chi connectivity index (χ2v) is 10.3. The average Bonchev–Trinajstić information content (AvgIpc) is 2.94. The SMILES string of the molecule is COc1cc(C=C2C(=O)N(c3ccccc3)C(=O)N(c3ccccc3)C2=O)cc(I)c1Cc1ccccc1Cl. The van der Waals surface area contributed by atoms with Gasteiger partial charge in [0.25, 0.3) is 11.8 Å². The predicted octanol–water partition coefficient (Wildman–Crippen LogP) is 7.13. The Balaban J connectivity index is 1.60. The van der Waals surface area contributed by atoms with Gasteiger partial charge >= 0.3 is 6.03 Å². The Morgan fingerprint density at radius 2 is 1.33 bits per heavy atom. The monoisotopic (exact) mass is 648 g/mol. The number of ether oxygens (including phenoxy) is 1. The normalized spacial score (nSPS) is 13.6. The summed E-state index contributed by atoms with van der Waals surface area (Å²) in [7, 11) is 1.57. The first-order valence-electron chi connectivity index (χ1n) is 12.0. The van der Waals surface area contributed by atoms with E-state index in [1.165, 1.54) is 6.08 Å². The van der Waals surface area contributed by atoms with Gasteiger partial charge in [-0.2, -0.15) is 0 Å². The van der Waals surface area contributed by atoms with Crippen LogP contribution in [0.2, 0.25) is 5.02 Å². The highest BCUT2D eigenvalue weighted by Crippen LogP contribution is 2.33. The van der Waals surface area contributed by atoms with Crippen molar-refractivity contribution in [3.8, 4) is 5.75 Å². The summed E-state index contributed by atoms with van der Waals surface area (Å²) >= 11 is 8.60. The van der Waals surface area contributed by atoms with Crippen molar-refractivity contribution in [1.29, 1.82) is 0 Å². The van der Waals surface area contributed by atoms with Crippen LogP contribution in [0.5, 0.6) is 5.75 Å². The van der Waals surface area contributed by atoms with Crippen molar-refractivity contribution in [3.05, 3.63) is 128 Å². The lowest BCUT2D eigenvalue weighted by atomic mass is 10.00. The highest BCUT2D eigenvalue weighted by molar-refractivity contribution is 14.1. The Labute approximate surface area is 244 Å². The van der Waals surface area contributed by atoms with E-state index in [2.05, 4.69) is 22.6 Å². The molecule has 1 saturated heterocycles. The number of methoxy groups -OCH3 is 1. The minimum absolute atomic E-state index is 0.140. The number of halogens is 2. The lowest BCUT2D eigenvalue weighted by Gasteiger charge is -2.34. The van der Waals surface area contributed by atoms with Gasteiger partial charge in [0.1, 0.15) is 11.3 Å². The van der Waals surface area contributed by atoms with Gasteiger partial charge in [0.05, 0.1) is 18.5 Å². The quantitative estimate of drug-likeness (QED) is 0.127. The van der Waals surface area contributed by atoms with Gasteiger partial charge in [-0.25, -0.2) is 14.6 Å². The summed E-state index contributed by atoms with van der Waals surface area (Å²) < 4.78 is 6.58. The average molecular weight is 649 g/mol. The molecule has 1 aliphatic rings. The van der Waals surface area contributed by atoms with Gasteiger partial charge in [-0.1, -0.05) is 66.2 Å². The molecule has 0 spiro atoms. The molecule has 6 nitrogen and oxygen atoms in total. The second kappa shape index (κ2) is 11.4. The van der Waals surface area contributed by atoms with Gasteiger partial charge in [-0.05, 0) is 82.3 Å². The van der Waals surface area contributed by atoms with Crippen LogP contribution in [0.15, 0.2) is 103 Å². The Bertz CT molecular complexity index is 1540. The number of nitrogens with zero attached hydrogens (tertiary/aromatic N) is 2. The molecule has 8 heteroatoms. The molecule has 0 N–H and O–H groups in total. The lowest BCUT2D eigenvalue weighted by Crippen LogP contribution is -2.57. The van der Waals surface area contributed by atoms with Gasteiger partial charge in [0.2, 0.25) is 0 Å². The summed E-state index contributed by atoms with van der Waals surface area (Å²) in [4.78, 5) is 42.8. The third-order valence-electron chi connectivity index (χ3n) is 6.31. The molecule has 0 atom stereocenters. The summed E-state index contributed by atoms with van der Waals surface area (Å²) in [5, 5.41) is 0.659. The van der Waals surface area contributed by atoms with Gasteiger partial charge < -0.3 is 4.74 Å². The van der Waals surface area contributed by atoms with E-state index >= 15 is 0 Å². The van der Waals surface area contributed by atoms with Crippen LogP contribution in [0, 0.1) is 3.57 Å². The molecular formula is C31H22ClIN2O4. The van der Waals surface area contributed by atoms with Gasteiger partial charge in [0, 0.05) is 20.6 Å². The Hall–Kier alpha value is -3.95. The zero-order valence-electron chi connectivity index (χ0n) is 20.8. The molecule has 1 fully saturated rings. The summed E-state index contributed by atoms with van der Waals surface area (Å²) in [6.45, 7) is 0. The number of carbonyl (C=O) groups excluding carboxylic acids is 3. The summed E-state index contributed by atoms with van der Waals surface area (Å²) in [6.07, 6.45) is 2.06. The minimum Gasteiger partial charge on any atom is -0.496 e. The van der Waals surface area contributed by atoms with Crippen molar-refractivity contribution in [1.82, 2.24) is 0 Å². The molecule has 39 heavy (non-hydrogen) atoms. The molecule has 0 saturated carbocycles. The largest absolute Gasteiger partial charge is 0.496 e. The highest BCUT2D eigenvalue weighted by Gasteiger charge is 2.43. The lowest BCUT2D eigenvalue weighted by molar-refractivity contribution is -0.121. The molecule has 0 unspecified atom stereocenters. The standard InChI is InChI=1S/C31H22ClIN2O4/c1-39-28-18-20(17-27(33)24(28)19-21-10-8-9-15-26(21)32)16-25-29(36)34(22-11-4-2-5-12-22)31(38)35(30(25)37)23-13-6-3-7-14-23/h2-18H,19H2,1H3. The summed E-state index contributed by atoms with van der Waals surface area (Å²) in [6, 6.07) is 27.6. The molecule has 0 radical (unpaired) electrons. The Morgan fingerprint density at radius 3 is 1.87 bits per heavy atom. The van der Waals surface area contributed by atoms with E-state index in [4.69, 9.17) is 16.3 Å². The number of amides is 4. The fourth-order valence-corrected chi connectivity index (χ4v) is 5.42. The van der Waals surface area contributed by atoms with Crippen LogP contribution in [0.1, 0.15) is 16.7 Å². The maximum atomic E-state index is 13.7. The number of carbonyl (C=O) groups is 3. The number of benzene rings is 4. The molecule has 0 bridgehead atoms. The summed E-state index contributed by atoms with van der Waals surface area (Å²) in [5.74, 6) is -0.796. The van der Waals surface area contributed by atoms with E-state index in [1.807, 2.05) is 30.3 Å². The van der Waals surface area contributed by atoms with E-state index in [0.717, 1.165) is 24.5 Å². The first kappa shape index (κ1) is 26.6. The molecule has 0 aliphatic carbocycles. The molecule has 4 amide bonds. The maximum absolute atomic E-state index is 13.7. The number of hydrogen-bond donors (Lipinski definition) is 0. The van der Waals surface area contributed by atoms with Crippen molar-refractivity contribution < 1.29 is 19.1 Å². The molecule has 1 heterocycles. The first-order chi connectivity index (χ1) is 18.9. The van der Waals surface area contributed by atoms with E-state index in [9.17, 15) is 14.4 Å². The smallest absolute Gasteiger partial charge is 0.343 e. The molecule has 4 aromatic carbocycles. The van der Waals surface area contributed by atoms with Crippen LogP contribution in [0.3, 0.4) is 0 Å². The molecule has 1 aliphatic heterocycles. The number of imide groups is 2.